The third kappa shape index (κ3) is 4.11. The quantitative estimate of drug-likeness (QED) is 0.871. The summed E-state index contributed by atoms with van der Waals surface area (Å²) in [6, 6.07) is 6.81. The highest BCUT2D eigenvalue weighted by atomic mass is 35.5. The average Bonchev–Trinajstić information content (AvgIpc) is 2.46. The molecule has 1 fully saturated rings. The molecular formula is C16H25ClN2O. The lowest BCUT2D eigenvalue weighted by molar-refractivity contribution is 0.132. The Balaban J connectivity index is 2.00. The van der Waals surface area contributed by atoms with Crippen LogP contribution in [0.4, 0.5) is 0 Å². The fraction of sp³-hybridized carbons (Fsp3) is 0.625. The highest BCUT2D eigenvalue weighted by molar-refractivity contribution is 6.32. The first-order valence-corrected chi connectivity index (χ1v) is 7.83. The van der Waals surface area contributed by atoms with Crippen LogP contribution >= 0.6 is 11.6 Å². The number of methoxy groups -OCH3 is 1. The Hall–Kier alpha value is -0.770. The van der Waals surface area contributed by atoms with Gasteiger partial charge < -0.3 is 10.1 Å². The molecule has 1 aliphatic rings. The normalized spacial score (nSPS) is 20.1. The maximum absolute atomic E-state index is 6.21. The molecular weight excluding hydrogens is 272 g/mol. The van der Waals surface area contributed by atoms with Crippen LogP contribution in [0.2, 0.25) is 5.02 Å². The molecule has 0 aromatic heterocycles. The second-order valence-corrected chi connectivity index (χ2v) is 5.89. The van der Waals surface area contributed by atoms with E-state index in [2.05, 4.69) is 16.3 Å². The number of hydrogen-bond acceptors (Lipinski definition) is 3. The minimum absolute atomic E-state index is 0.692. The summed E-state index contributed by atoms with van der Waals surface area (Å²) in [6.45, 7) is 3.26. The Morgan fingerprint density at radius 3 is 2.95 bits per heavy atom. The van der Waals surface area contributed by atoms with Gasteiger partial charge in [-0.25, -0.2) is 0 Å². The summed E-state index contributed by atoms with van der Waals surface area (Å²) >= 11 is 6.21. The summed E-state index contributed by atoms with van der Waals surface area (Å²) in [6.07, 6.45) is 5.19. The lowest BCUT2D eigenvalue weighted by atomic mass is 9.98. The third-order valence-electron chi connectivity index (χ3n) is 4.08. The van der Waals surface area contributed by atoms with E-state index >= 15 is 0 Å². The number of hydrogen-bond donors (Lipinski definition) is 1. The standard InChI is InChI=1S/C16H25ClN2O/c1-18-9-8-14-5-3-4-10-19(14)12-13-6-7-16(20-2)15(17)11-13/h6-7,11,14,18H,3-5,8-10,12H2,1-2H3. The summed E-state index contributed by atoms with van der Waals surface area (Å²) in [5, 5.41) is 3.96. The Labute approximate surface area is 127 Å². The number of rotatable bonds is 6. The van der Waals surface area contributed by atoms with E-state index in [9.17, 15) is 0 Å². The van der Waals surface area contributed by atoms with Crippen molar-refractivity contribution in [1.82, 2.24) is 10.2 Å². The first-order valence-electron chi connectivity index (χ1n) is 7.45. The molecule has 1 N–H and O–H groups in total. The molecule has 3 nitrogen and oxygen atoms in total. The van der Waals surface area contributed by atoms with Gasteiger partial charge in [0, 0.05) is 12.6 Å². The minimum Gasteiger partial charge on any atom is -0.495 e. The zero-order valence-corrected chi connectivity index (χ0v) is 13.2. The van der Waals surface area contributed by atoms with Crippen molar-refractivity contribution >= 4 is 11.6 Å². The van der Waals surface area contributed by atoms with Crippen LogP contribution in [0.1, 0.15) is 31.2 Å². The molecule has 0 spiro atoms. The predicted molar refractivity (Wildman–Crippen MR) is 84.6 cm³/mol. The molecule has 0 radical (unpaired) electrons. The fourth-order valence-corrected chi connectivity index (χ4v) is 3.23. The molecule has 1 aromatic carbocycles. The van der Waals surface area contributed by atoms with Crippen molar-refractivity contribution in [3.63, 3.8) is 0 Å². The monoisotopic (exact) mass is 296 g/mol. The Kier molecular flexibility index (Phi) is 6.14. The van der Waals surface area contributed by atoms with Gasteiger partial charge in [0.25, 0.3) is 0 Å². The van der Waals surface area contributed by atoms with Crippen LogP contribution in [-0.2, 0) is 6.54 Å². The van der Waals surface area contributed by atoms with Crippen LogP contribution in [0.25, 0.3) is 0 Å². The van der Waals surface area contributed by atoms with Gasteiger partial charge in [0.15, 0.2) is 0 Å². The molecule has 112 valence electrons. The van der Waals surface area contributed by atoms with Crippen molar-refractivity contribution in [1.29, 1.82) is 0 Å². The van der Waals surface area contributed by atoms with Crippen molar-refractivity contribution in [3.05, 3.63) is 28.8 Å². The first kappa shape index (κ1) is 15.6. The van der Waals surface area contributed by atoms with Crippen LogP contribution in [0, 0.1) is 0 Å². The summed E-state index contributed by atoms with van der Waals surface area (Å²) in [5.41, 5.74) is 1.27. The molecule has 2 rings (SSSR count). The average molecular weight is 297 g/mol. The van der Waals surface area contributed by atoms with E-state index in [1.807, 2.05) is 19.2 Å². The molecule has 20 heavy (non-hydrogen) atoms. The van der Waals surface area contributed by atoms with Gasteiger partial charge in [-0.3, -0.25) is 4.90 Å². The number of ether oxygens (including phenoxy) is 1. The van der Waals surface area contributed by atoms with E-state index in [0.29, 0.717) is 11.1 Å². The van der Waals surface area contributed by atoms with Crippen molar-refractivity contribution in [2.45, 2.75) is 38.3 Å². The van der Waals surface area contributed by atoms with Crippen molar-refractivity contribution in [2.75, 3.05) is 27.2 Å². The summed E-state index contributed by atoms with van der Waals surface area (Å²) in [5.74, 6) is 0.751. The maximum Gasteiger partial charge on any atom is 0.137 e. The maximum atomic E-state index is 6.21. The SMILES string of the molecule is CNCCC1CCCCN1Cc1ccc(OC)c(Cl)c1. The Morgan fingerprint density at radius 1 is 1.40 bits per heavy atom. The number of piperidine rings is 1. The van der Waals surface area contributed by atoms with Gasteiger partial charge in [0.1, 0.15) is 5.75 Å². The molecule has 1 saturated heterocycles. The molecule has 0 amide bonds. The molecule has 1 atom stereocenters. The molecule has 1 aromatic rings. The summed E-state index contributed by atoms with van der Waals surface area (Å²) in [7, 11) is 3.68. The van der Waals surface area contributed by atoms with E-state index in [4.69, 9.17) is 16.3 Å². The lowest BCUT2D eigenvalue weighted by Crippen LogP contribution is -2.40. The zero-order chi connectivity index (χ0) is 14.4. The van der Waals surface area contributed by atoms with Gasteiger partial charge in [-0.05, 0) is 57.1 Å². The fourth-order valence-electron chi connectivity index (χ4n) is 2.95. The second kappa shape index (κ2) is 7.87. The van der Waals surface area contributed by atoms with E-state index in [0.717, 1.165) is 18.8 Å². The van der Waals surface area contributed by atoms with Gasteiger partial charge in [-0.1, -0.05) is 24.1 Å². The van der Waals surface area contributed by atoms with E-state index in [-0.39, 0.29) is 0 Å². The molecule has 0 saturated carbocycles. The molecule has 1 heterocycles. The highest BCUT2D eigenvalue weighted by Crippen LogP contribution is 2.27. The van der Waals surface area contributed by atoms with Crippen molar-refractivity contribution in [2.24, 2.45) is 0 Å². The first-order chi connectivity index (χ1) is 9.74. The summed E-state index contributed by atoms with van der Waals surface area (Å²) in [4.78, 5) is 2.60. The molecule has 4 heteroatoms. The Bertz CT molecular complexity index is 425. The largest absolute Gasteiger partial charge is 0.495 e. The Morgan fingerprint density at radius 2 is 2.25 bits per heavy atom. The minimum atomic E-state index is 0.692. The second-order valence-electron chi connectivity index (χ2n) is 5.48. The van der Waals surface area contributed by atoms with Crippen LogP contribution in [0.15, 0.2) is 18.2 Å². The predicted octanol–water partition coefficient (Wildman–Crippen LogP) is 3.31. The zero-order valence-electron chi connectivity index (χ0n) is 12.5. The smallest absolute Gasteiger partial charge is 0.137 e. The van der Waals surface area contributed by atoms with Gasteiger partial charge >= 0.3 is 0 Å². The van der Waals surface area contributed by atoms with Crippen molar-refractivity contribution in [3.8, 4) is 5.75 Å². The van der Waals surface area contributed by atoms with Crippen LogP contribution in [-0.4, -0.2) is 38.2 Å². The van der Waals surface area contributed by atoms with Gasteiger partial charge in [-0.15, -0.1) is 0 Å². The van der Waals surface area contributed by atoms with Crippen LogP contribution in [0.5, 0.6) is 5.75 Å². The third-order valence-corrected chi connectivity index (χ3v) is 4.37. The molecule has 0 aliphatic carbocycles. The molecule has 1 unspecified atom stereocenters. The van der Waals surface area contributed by atoms with Gasteiger partial charge in [0.05, 0.1) is 12.1 Å². The van der Waals surface area contributed by atoms with Gasteiger partial charge in [-0.2, -0.15) is 0 Å². The number of nitrogens with one attached hydrogen (secondary N) is 1. The van der Waals surface area contributed by atoms with E-state index in [1.165, 1.54) is 37.8 Å². The number of benzene rings is 1. The highest BCUT2D eigenvalue weighted by Gasteiger charge is 2.22. The van der Waals surface area contributed by atoms with Gasteiger partial charge in [0.2, 0.25) is 0 Å². The number of halogens is 1. The van der Waals surface area contributed by atoms with Crippen LogP contribution < -0.4 is 10.1 Å². The lowest BCUT2D eigenvalue weighted by Gasteiger charge is -2.36. The molecule has 1 aliphatic heterocycles. The van der Waals surface area contributed by atoms with Crippen molar-refractivity contribution < 1.29 is 4.74 Å². The number of nitrogens with zero attached hydrogens (tertiary/aromatic N) is 1. The topological polar surface area (TPSA) is 24.5 Å². The number of likely N-dealkylation sites (tertiary alicyclic amines) is 1. The van der Waals surface area contributed by atoms with E-state index in [1.54, 1.807) is 7.11 Å². The summed E-state index contributed by atoms with van der Waals surface area (Å²) < 4.78 is 5.21. The van der Waals surface area contributed by atoms with Crippen LogP contribution in [0.3, 0.4) is 0 Å². The van der Waals surface area contributed by atoms with E-state index < -0.39 is 0 Å². The molecule has 0 bridgehead atoms.